The van der Waals surface area contributed by atoms with Crippen molar-refractivity contribution in [2.75, 3.05) is 36.4 Å². The Balaban J connectivity index is 1.70. The van der Waals surface area contributed by atoms with Gasteiger partial charge in [0.15, 0.2) is 0 Å². The molecule has 1 N–H and O–H groups in total. The Bertz CT molecular complexity index is 768. The molecular formula is C21H26FN3O. The molecule has 0 spiro atoms. The molecule has 1 heterocycles. The standard InChI is InChI=1S/C21H26FN3O/c1-15(2)23-20-14-18(13-19(22)16(20)3)24-9-11-25(12-10-24)21(26)17-7-5-4-6-8-17/h4-8,13-15,23H,9-12H2,1-3H3. The van der Waals surface area contributed by atoms with Gasteiger partial charge in [-0.1, -0.05) is 18.2 Å². The third-order valence-corrected chi connectivity index (χ3v) is 4.73. The molecule has 3 rings (SSSR count). The van der Waals surface area contributed by atoms with Gasteiger partial charge in [-0.25, -0.2) is 4.39 Å². The number of halogens is 1. The van der Waals surface area contributed by atoms with E-state index in [-0.39, 0.29) is 17.8 Å². The Labute approximate surface area is 154 Å². The molecule has 2 aromatic rings. The zero-order valence-electron chi connectivity index (χ0n) is 15.6. The van der Waals surface area contributed by atoms with E-state index in [0.717, 1.165) is 11.4 Å². The molecule has 1 aliphatic heterocycles. The van der Waals surface area contributed by atoms with Crippen LogP contribution in [0.15, 0.2) is 42.5 Å². The zero-order chi connectivity index (χ0) is 18.7. The fourth-order valence-corrected chi connectivity index (χ4v) is 3.24. The number of hydrogen-bond donors (Lipinski definition) is 1. The van der Waals surface area contributed by atoms with E-state index in [1.54, 1.807) is 13.0 Å². The molecular weight excluding hydrogens is 329 g/mol. The molecule has 0 aliphatic carbocycles. The molecule has 0 atom stereocenters. The average Bonchev–Trinajstić information content (AvgIpc) is 2.65. The summed E-state index contributed by atoms with van der Waals surface area (Å²) in [6.07, 6.45) is 0. The lowest BCUT2D eigenvalue weighted by molar-refractivity contribution is 0.0746. The molecule has 5 heteroatoms. The Hall–Kier alpha value is -2.56. The summed E-state index contributed by atoms with van der Waals surface area (Å²) in [5.41, 5.74) is 3.05. The highest BCUT2D eigenvalue weighted by Gasteiger charge is 2.23. The SMILES string of the molecule is Cc1c(F)cc(N2CCN(C(=O)c3ccccc3)CC2)cc1NC(C)C. The van der Waals surface area contributed by atoms with E-state index < -0.39 is 0 Å². The summed E-state index contributed by atoms with van der Waals surface area (Å²) in [4.78, 5) is 16.6. The van der Waals surface area contributed by atoms with Crippen LogP contribution in [-0.4, -0.2) is 43.0 Å². The van der Waals surface area contributed by atoms with Gasteiger partial charge in [-0.05, 0) is 45.0 Å². The van der Waals surface area contributed by atoms with Crippen LogP contribution in [0.25, 0.3) is 0 Å². The molecule has 0 bridgehead atoms. The number of rotatable bonds is 4. The third kappa shape index (κ3) is 3.98. The topological polar surface area (TPSA) is 35.6 Å². The van der Waals surface area contributed by atoms with Crippen molar-refractivity contribution < 1.29 is 9.18 Å². The Morgan fingerprint density at radius 2 is 1.73 bits per heavy atom. The van der Waals surface area contributed by atoms with Crippen molar-refractivity contribution in [1.82, 2.24) is 4.90 Å². The molecule has 138 valence electrons. The van der Waals surface area contributed by atoms with Gasteiger partial charge >= 0.3 is 0 Å². The summed E-state index contributed by atoms with van der Waals surface area (Å²) in [5, 5.41) is 3.31. The van der Waals surface area contributed by atoms with Crippen LogP contribution in [0.5, 0.6) is 0 Å². The van der Waals surface area contributed by atoms with Crippen LogP contribution in [-0.2, 0) is 0 Å². The number of nitrogens with one attached hydrogen (secondary N) is 1. The van der Waals surface area contributed by atoms with Crippen LogP contribution in [0, 0.1) is 12.7 Å². The summed E-state index contributed by atoms with van der Waals surface area (Å²) in [5.74, 6) is -0.143. The molecule has 4 nitrogen and oxygen atoms in total. The number of anilines is 2. The molecule has 0 aromatic heterocycles. The van der Waals surface area contributed by atoms with E-state index in [4.69, 9.17) is 0 Å². The summed E-state index contributed by atoms with van der Waals surface area (Å²) in [7, 11) is 0. The fraction of sp³-hybridized carbons (Fsp3) is 0.381. The van der Waals surface area contributed by atoms with Gasteiger partial charge < -0.3 is 15.1 Å². The van der Waals surface area contributed by atoms with E-state index in [0.29, 0.717) is 37.3 Å². The van der Waals surface area contributed by atoms with Crippen LogP contribution in [0.2, 0.25) is 0 Å². The quantitative estimate of drug-likeness (QED) is 0.903. The van der Waals surface area contributed by atoms with Crippen molar-refractivity contribution in [3.8, 4) is 0 Å². The molecule has 1 saturated heterocycles. The summed E-state index contributed by atoms with van der Waals surface area (Å²) in [6.45, 7) is 8.53. The highest BCUT2D eigenvalue weighted by atomic mass is 19.1. The monoisotopic (exact) mass is 355 g/mol. The van der Waals surface area contributed by atoms with Crippen molar-refractivity contribution in [1.29, 1.82) is 0 Å². The number of amides is 1. The van der Waals surface area contributed by atoms with Gasteiger partial charge in [-0.3, -0.25) is 4.79 Å². The van der Waals surface area contributed by atoms with Gasteiger partial charge in [0.05, 0.1) is 0 Å². The highest BCUT2D eigenvalue weighted by molar-refractivity contribution is 5.94. The first-order valence-electron chi connectivity index (χ1n) is 9.11. The largest absolute Gasteiger partial charge is 0.383 e. The summed E-state index contributed by atoms with van der Waals surface area (Å²) in [6, 6.07) is 13.2. The highest BCUT2D eigenvalue weighted by Crippen LogP contribution is 2.28. The number of benzene rings is 2. The molecule has 1 aliphatic rings. The Kier molecular flexibility index (Phi) is 5.45. The zero-order valence-corrected chi connectivity index (χ0v) is 15.6. The second-order valence-electron chi connectivity index (χ2n) is 7.04. The molecule has 2 aromatic carbocycles. The maximum Gasteiger partial charge on any atom is 0.253 e. The number of hydrogen-bond acceptors (Lipinski definition) is 3. The van der Waals surface area contributed by atoms with Gasteiger partial charge in [0.2, 0.25) is 0 Å². The number of carbonyl (C=O) groups is 1. The van der Waals surface area contributed by atoms with Crippen molar-refractivity contribution in [2.45, 2.75) is 26.8 Å². The van der Waals surface area contributed by atoms with Crippen LogP contribution in [0.3, 0.4) is 0 Å². The minimum Gasteiger partial charge on any atom is -0.383 e. The fourth-order valence-electron chi connectivity index (χ4n) is 3.24. The van der Waals surface area contributed by atoms with Crippen molar-refractivity contribution in [2.24, 2.45) is 0 Å². The second kappa shape index (κ2) is 7.77. The molecule has 0 unspecified atom stereocenters. The molecule has 1 amide bonds. The maximum absolute atomic E-state index is 14.3. The van der Waals surface area contributed by atoms with E-state index in [1.165, 1.54) is 0 Å². The minimum atomic E-state index is -0.201. The number of carbonyl (C=O) groups excluding carboxylic acids is 1. The first kappa shape index (κ1) is 18.2. The van der Waals surface area contributed by atoms with Crippen LogP contribution in [0.4, 0.5) is 15.8 Å². The van der Waals surface area contributed by atoms with Gasteiger partial charge in [0, 0.05) is 54.7 Å². The first-order chi connectivity index (χ1) is 12.5. The minimum absolute atomic E-state index is 0.0579. The predicted molar refractivity (Wildman–Crippen MR) is 104 cm³/mol. The lowest BCUT2D eigenvalue weighted by atomic mass is 10.1. The maximum atomic E-state index is 14.3. The average molecular weight is 355 g/mol. The Morgan fingerprint density at radius 3 is 2.35 bits per heavy atom. The molecule has 0 saturated carbocycles. The van der Waals surface area contributed by atoms with Gasteiger partial charge in [0.1, 0.15) is 5.82 Å². The summed E-state index contributed by atoms with van der Waals surface area (Å²) < 4.78 is 14.3. The number of piperazine rings is 1. The third-order valence-electron chi connectivity index (χ3n) is 4.73. The van der Waals surface area contributed by atoms with E-state index >= 15 is 0 Å². The Morgan fingerprint density at radius 1 is 1.08 bits per heavy atom. The van der Waals surface area contributed by atoms with Crippen LogP contribution >= 0.6 is 0 Å². The molecule has 26 heavy (non-hydrogen) atoms. The first-order valence-corrected chi connectivity index (χ1v) is 9.11. The lowest BCUT2D eigenvalue weighted by Gasteiger charge is -2.36. The number of nitrogens with zero attached hydrogens (tertiary/aromatic N) is 2. The molecule has 1 fully saturated rings. The van der Waals surface area contributed by atoms with Crippen LogP contribution < -0.4 is 10.2 Å². The van der Waals surface area contributed by atoms with E-state index in [1.807, 2.05) is 55.1 Å². The lowest BCUT2D eigenvalue weighted by Crippen LogP contribution is -2.48. The van der Waals surface area contributed by atoms with Gasteiger partial charge in [0.25, 0.3) is 5.91 Å². The second-order valence-corrected chi connectivity index (χ2v) is 7.04. The van der Waals surface area contributed by atoms with E-state index in [2.05, 4.69) is 10.2 Å². The normalized spacial score (nSPS) is 14.7. The predicted octanol–water partition coefficient (Wildman–Crippen LogP) is 3.92. The molecule has 0 radical (unpaired) electrons. The van der Waals surface area contributed by atoms with E-state index in [9.17, 15) is 9.18 Å². The van der Waals surface area contributed by atoms with Crippen molar-refractivity contribution >= 4 is 17.3 Å². The van der Waals surface area contributed by atoms with Crippen molar-refractivity contribution in [3.05, 3.63) is 59.4 Å². The van der Waals surface area contributed by atoms with Crippen molar-refractivity contribution in [3.63, 3.8) is 0 Å². The van der Waals surface area contributed by atoms with Gasteiger partial charge in [-0.2, -0.15) is 0 Å². The van der Waals surface area contributed by atoms with Gasteiger partial charge in [-0.15, -0.1) is 0 Å². The summed E-state index contributed by atoms with van der Waals surface area (Å²) >= 11 is 0. The van der Waals surface area contributed by atoms with Crippen LogP contribution in [0.1, 0.15) is 29.8 Å². The smallest absolute Gasteiger partial charge is 0.253 e.